The van der Waals surface area contributed by atoms with Gasteiger partial charge in [0.15, 0.2) is 0 Å². The molecule has 3 nitrogen and oxygen atoms in total. The highest BCUT2D eigenvalue weighted by molar-refractivity contribution is 5.76. The minimum absolute atomic E-state index is 0.0627. The van der Waals surface area contributed by atoms with Crippen LogP contribution in [0.4, 0.5) is 0 Å². The summed E-state index contributed by atoms with van der Waals surface area (Å²) in [4.78, 5) is 12.2. The van der Waals surface area contributed by atoms with Crippen molar-refractivity contribution in [1.29, 1.82) is 0 Å². The largest absolute Gasteiger partial charge is 0.386 e. The molecule has 0 aliphatic rings. The van der Waals surface area contributed by atoms with Crippen molar-refractivity contribution in [2.75, 3.05) is 0 Å². The number of aliphatic hydroxyl groups is 1. The van der Waals surface area contributed by atoms with Crippen LogP contribution in [0.2, 0.25) is 0 Å². The second-order valence-electron chi connectivity index (χ2n) is 7.72. The molecule has 27 heavy (non-hydrogen) atoms. The Morgan fingerprint density at radius 2 is 1.37 bits per heavy atom. The molecule has 2 N–H and O–H groups in total. The molecule has 1 rings (SSSR count). The van der Waals surface area contributed by atoms with Crippen LogP contribution in [0.25, 0.3) is 0 Å². The summed E-state index contributed by atoms with van der Waals surface area (Å²) in [6, 6.07) is 9.36. The molecule has 1 amide bonds. The molecule has 0 bridgehead atoms. The van der Waals surface area contributed by atoms with E-state index in [1.807, 2.05) is 37.3 Å². The topological polar surface area (TPSA) is 49.3 Å². The molecule has 0 fully saturated rings. The highest BCUT2D eigenvalue weighted by Crippen LogP contribution is 2.19. The van der Waals surface area contributed by atoms with Crippen LogP contribution in [0.5, 0.6) is 0 Å². The Hall–Kier alpha value is -1.35. The van der Waals surface area contributed by atoms with Crippen molar-refractivity contribution in [1.82, 2.24) is 5.32 Å². The van der Waals surface area contributed by atoms with Gasteiger partial charge >= 0.3 is 0 Å². The van der Waals surface area contributed by atoms with Crippen molar-refractivity contribution in [3.05, 3.63) is 35.9 Å². The fourth-order valence-corrected chi connectivity index (χ4v) is 3.52. The number of carbonyl (C=O) groups is 1. The van der Waals surface area contributed by atoms with E-state index in [-0.39, 0.29) is 11.9 Å². The van der Waals surface area contributed by atoms with Gasteiger partial charge < -0.3 is 10.4 Å². The lowest BCUT2D eigenvalue weighted by Gasteiger charge is -2.23. The molecule has 0 aliphatic heterocycles. The first-order valence-electron chi connectivity index (χ1n) is 11.2. The maximum atomic E-state index is 12.2. The van der Waals surface area contributed by atoms with E-state index in [9.17, 15) is 9.90 Å². The van der Waals surface area contributed by atoms with E-state index < -0.39 is 6.10 Å². The zero-order chi connectivity index (χ0) is 19.7. The maximum absolute atomic E-state index is 12.2. The minimum Gasteiger partial charge on any atom is -0.386 e. The molecule has 0 saturated heterocycles. The van der Waals surface area contributed by atoms with Gasteiger partial charge in [-0.3, -0.25) is 4.79 Å². The third-order valence-electron chi connectivity index (χ3n) is 5.32. The van der Waals surface area contributed by atoms with E-state index in [0.29, 0.717) is 6.42 Å². The van der Waals surface area contributed by atoms with Crippen LogP contribution in [0.15, 0.2) is 30.3 Å². The van der Waals surface area contributed by atoms with Crippen LogP contribution in [0.1, 0.15) is 109 Å². The van der Waals surface area contributed by atoms with Gasteiger partial charge in [0.25, 0.3) is 0 Å². The van der Waals surface area contributed by atoms with E-state index in [2.05, 4.69) is 12.2 Å². The van der Waals surface area contributed by atoms with Crippen LogP contribution >= 0.6 is 0 Å². The number of amides is 1. The molecule has 1 aromatic rings. The number of carbonyl (C=O) groups excluding carboxylic acids is 1. The molecule has 0 saturated carbocycles. The normalized spacial score (nSPS) is 13.3. The Balaban J connectivity index is 2.07. The average molecular weight is 376 g/mol. The molecule has 0 radical (unpaired) electrons. The molecule has 0 aromatic heterocycles. The van der Waals surface area contributed by atoms with Gasteiger partial charge in [-0.25, -0.2) is 0 Å². The van der Waals surface area contributed by atoms with Crippen molar-refractivity contribution < 1.29 is 9.90 Å². The van der Waals surface area contributed by atoms with Crippen LogP contribution in [0, 0.1) is 0 Å². The van der Waals surface area contributed by atoms with Crippen LogP contribution in [-0.2, 0) is 4.79 Å². The van der Waals surface area contributed by atoms with E-state index >= 15 is 0 Å². The number of hydrogen-bond acceptors (Lipinski definition) is 2. The predicted octanol–water partition coefficient (Wildman–Crippen LogP) is 6.32. The number of unbranched alkanes of at least 4 members (excludes halogenated alkanes) is 10. The second kappa shape index (κ2) is 15.7. The first-order chi connectivity index (χ1) is 13.2. The fourth-order valence-electron chi connectivity index (χ4n) is 3.52. The van der Waals surface area contributed by atoms with Crippen LogP contribution < -0.4 is 5.32 Å². The number of nitrogens with one attached hydrogen (secondary N) is 1. The van der Waals surface area contributed by atoms with E-state index in [1.54, 1.807) is 0 Å². The first kappa shape index (κ1) is 23.7. The molecule has 2 unspecified atom stereocenters. The predicted molar refractivity (Wildman–Crippen MR) is 115 cm³/mol. The van der Waals surface area contributed by atoms with Crippen molar-refractivity contribution in [3.8, 4) is 0 Å². The van der Waals surface area contributed by atoms with Gasteiger partial charge in [0.05, 0.1) is 12.1 Å². The Morgan fingerprint density at radius 3 is 1.89 bits per heavy atom. The summed E-state index contributed by atoms with van der Waals surface area (Å²) in [5.41, 5.74) is 0.861. The summed E-state index contributed by atoms with van der Waals surface area (Å²) >= 11 is 0. The highest BCUT2D eigenvalue weighted by atomic mass is 16.3. The summed E-state index contributed by atoms with van der Waals surface area (Å²) < 4.78 is 0. The van der Waals surface area contributed by atoms with Gasteiger partial charge in [0, 0.05) is 6.42 Å². The summed E-state index contributed by atoms with van der Waals surface area (Å²) in [5, 5.41) is 13.5. The first-order valence-corrected chi connectivity index (χ1v) is 11.2. The summed E-state index contributed by atoms with van der Waals surface area (Å²) in [6.07, 6.45) is 14.8. The lowest BCUT2D eigenvalue weighted by molar-refractivity contribution is -0.122. The van der Waals surface area contributed by atoms with E-state index in [1.165, 1.54) is 57.8 Å². The zero-order valence-corrected chi connectivity index (χ0v) is 17.6. The molecule has 0 heterocycles. The standard InChI is InChI=1S/C24H41NO2/c1-3-5-6-7-8-9-10-11-12-13-17-20-23(26)25-22(4-2)24(27)21-18-15-14-16-19-21/h14-16,18-19,22,24,27H,3-13,17,20H2,1-2H3,(H,25,26). The third-order valence-corrected chi connectivity index (χ3v) is 5.32. The van der Waals surface area contributed by atoms with Gasteiger partial charge in [0.2, 0.25) is 5.91 Å². The van der Waals surface area contributed by atoms with Crippen molar-refractivity contribution in [2.24, 2.45) is 0 Å². The molecular formula is C24H41NO2. The lowest BCUT2D eigenvalue weighted by atomic mass is 10.00. The maximum Gasteiger partial charge on any atom is 0.220 e. The number of benzene rings is 1. The summed E-state index contributed by atoms with van der Waals surface area (Å²) in [5.74, 6) is 0.0627. The van der Waals surface area contributed by atoms with Gasteiger partial charge in [-0.2, -0.15) is 0 Å². The van der Waals surface area contributed by atoms with Gasteiger partial charge in [-0.1, -0.05) is 108 Å². The Bertz CT molecular complexity index is 475. The molecule has 2 atom stereocenters. The van der Waals surface area contributed by atoms with Crippen molar-refractivity contribution in [2.45, 2.75) is 109 Å². The lowest BCUT2D eigenvalue weighted by Crippen LogP contribution is -2.38. The summed E-state index contributed by atoms with van der Waals surface area (Å²) in [6.45, 7) is 4.26. The second-order valence-corrected chi connectivity index (χ2v) is 7.72. The molecule has 0 spiro atoms. The van der Waals surface area contributed by atoms with Gasteiger partial charge in [0.1, 0.15) is 0 Å². The molecule has 3 heteroatoms. The SMILES string of the molecule is CCCCCCCCCCCCCC(=O)NC(CC)C(O)c1ccccc1. The number of aliphatic hydroxyl groups excluding tert-OH is 1. The van der Waals surface area contributed by atoms with E-state index in [0.717, 1.165) is 24.8 Å². The van der Waals surface area contributed by atoms with Gasteiger partial charge in [-0.05, 0) is 18.4 Å². The molecule has 0 aliphatic carbocycles. The molecular weight excluding hydrogens is 334 g/mol. The highest BCUT2D eigenvalue weighted by Gasteiger charge is 2.20. The smallest absolute Gasteiger partial charge is 0.220 e. The molecule has 1 aromatic carbocycles. The summed E-state index contributed by atoms with van der Waals surface area (Å²) in [7, 11) is 0. The zero-order valence-electron chi connectivity index (χ0n) is 17.6. The van der Waals surface area contributed by atoms with E-state index in [4.69, 9.17) is 0 Å². The fraction of sp³-hybridized carbons (Fsp3) is 0.708. The monoisotopic (exact) mass is 375 g/mol. The van der Waals surface area contributed by atoms with Crippen molar-refractivity contribution in [3.63, 3.8) is 0 Å². The number of rotatable bonds is 16. The van der Waals surface area contributed by atoms with Gasteiger partial charge in [-0.15, -0.1) is 0 Å². The average Bonchev–Trinajstić information content (AvgIpc) is 2.70. The third kappa shape index (κ3) is 11.2. The van der Waals surface area contributed by atoms with Crippen LogP contribution in [0.3, 0.4) is 0 Å². The Kier molecular flexibility index (Phi) is 13.8. The quantitative estimate of drug-likeness (QED) is 0.332. The Morgan fingerprint density at radius 1 is 0.852 bits per heavy atom. The minimum atomic E-state index is -0.641. The number of hydrogen-bond donors (Lipinski definition) is 2. The van der Waals surface area contributed by atoms with Crippen molar-refractivity contribution >= 4 is 5.91 Å². The van der Waals surface area contributed by atoms with Crippen LogP contribution in [-0.4, -0.2) is 17.1 Å². The Labute approximate surface area is 167 Å². The molecule has 154 valence electrons.